The third-order valence-electron chi connectivity index (χ3n) is 5.89. The first-order valence-corrected chi connectivity index (χ1v) is 11.3. The minimum Gasteiger partial charge on any atom is -0.466 e. The second-order valence-corrected chi connectivity index (χ2v) is 8.17. The minimum absolute atomic E-state index is 0.0361. The second-order valence-electron chi connectivity index (χ2n) is 8.17. The van der Waals surface area contributed by atoms with Gasteiger partial charge in [-0.25, -0.2) is 0 Å². The van der Waals surface area contributed by atoms with Crippen molar-refractivity contribution in [1.29, 1.82) is 0 Å². The van der Waals surface area contributed by atoms with E-state index in [0.29, 0.717) is 0 Å². The summed E-state index contributed by atoms with van der Waals surface area (Å²) in [5.41, 5.74) is 6.64. The molecule has 0 saturated heterocycles. The Hall–Kier alpha value is -3.93. The summed E-state index contributed by atoms with van der Waals surface area (Å²) in [5.74, 6) is -2.18. The molecule has 0 bridgehead atoms. The predicted octanol–water partition coefficient (Wildman–Crippen LogP) is 3.58. The summed E-state index contributed by atoms with van der Waals surface area (Å²) in [7, 11) is 0. The van der Waals surface area contributed by atoms with E-state index in [1.165, 1.54) is 0 Å². The Morgan fingerprint density at radius 1 is 0.824 bits per heavy atom. The molecular weight excluding hydrogens is 428 g/mol. The van der Waals surface area contributed by atoms with Crippen molar-refractivity contribution in [2.75, 3.05) is 6.61 Å². The lowest BCUT2D eigenvalue weighted by Gasteiger charge is -2.35. The van der Waals surface area contributed by atoms with E-state index in [2.05, 4.69) is 5.32 Å². The molecule has 2 amide bonds. The van der Waals surface area contributed by atoms with E-state index >= 15 is 0 Å². The highest BCUT2D eigenvalue weighted by atomic mass is 16.5. The molecule has 3 rings (SSSR count). The van der Waals surface area contributed by atoms with Crippen LogP contribution in [0, 0.1) is 5.92 Å². The molecule has 0 aliphatic carbocycles. The lowest BCUT2D eigenvalue weighted by molar-refractivity contribution is -0.148. The van der Waals surface area contributed by atoms with Crippen molar-refractivity contribution in [2.24, 2.45) is 11.7 Å². The number of carbonyl (C=O) groups is 3. The van der Waals surface area contributed by atoms with Crippen LogP contribution in [0.25, 0.3) is 0 Å². The quantitative estimate of drug-likeness (QED) is 0.358. The van der Waals surface area contributed by atoms with Crippen LogP contribution in [0.3, 0.4) is 0 Å². The summed E-state index contributed by atoms with van der Waals surface area (Å²) < 4.78 is 5.06. The Morgan fingerprint density at radius 2 is 1.24 bits per heavy atom. The highest BCUT2D eigenvalue weighted by molar-refractivity contribution is 5.98. The maximum Gasteiger partial charge on any atom is 0.308 e. The van der Waals surface area contributed by atoms with Crippen LogP contribution < -0.4 is 11.1 Å². The van der Waals surface area contributed by atoms with Gasteiger partial charge in [0, 0.05) is 0 Å². The van der Waals surface area contributed by atoms with Crippen molar-refractivity contribution in [3.63, 3.8) is 0 Å². The molecule has 0 unspecified atom stereocenters. The van der Waals surface area contributed by atoms with Gasteiger partial charge in [0.2, 0.25) is 11.8 Å². The average molecular weight is 459 g/mol. The monoisotopic (exact) mass is 458 g/mol. The van der Waals surface area contributed by atoms with Gasteiger partial charge in [0.05, 0.1) is 12.5 Å². The van der Waals surface area contributed by atoms with E-state index in [-0.39, 0.29) is 13.0 Å². The largest absolute Gasteiger partial charge is 0.466 e. The molecule has 3 aromatic rings. The molecule has 2 atom stereocenters. The minimum atomic E-state index is -1.25. The third kappa shape index (κ3) is 5.17. The Balaban J connectivity index is 2.12. The Labute approximate surface area is 200 Å². The van der Waals surface area contributed by atoms with Crippen LogP contribution in [-0.2, 0) is 24.5 Å². The van der Waals surface area contributed by atoms with Gasteiger partial charge in [-0.1, -0.05) is 97.9 Å². The molecule has 176 valence electrons. The van der Waals surface area contributed by atoms with Gasteiger partial charge in [-0.15, -0.1) is 0 Å². The zero-order valence-corrected chi connectivity index (χ0v) is 19.4. The molecule has 0 aromatic heterocycles. The van der Waals surface area contributed by atoms with Crippen LogP contribution >= 0.6 is 0 Å². The zero-order chi connectivity index (χ0) is 24.6. The molecule has 0 radical (unpaired) electrons. The highest BCUT2D eigenvalue weighted by Crippen LogP contribution is 2.39. The standard InChI is InChI=1S/C28H30N2O4/c1-3-34-26(32)20(2)19-24(25(29)31)30-27(33)28(21-13-7-4-8-14-21,22-15-9-5-10-16-22)23-17-11-6-12-18-23/h4-18,20,24H,3,19H2,1-2H3,(H2,29,31)(H,30,33)/t20-,24+/m1/s1. The molecule has 3 N–H and O–H groups in total. The SMILES string of the molecule is CCOC(=O)[C@H](C)C[C@H](NC(=O)C(c1ccccc1)(c1ccccc1)c1ccccc1)C(N)=O. The zero-order valence-electron chi connectivity index (χ0n) is 19.4. The van der Waals surface area contributed by atoms with Crippen LogP contribution in [-0.4, -0.2) is 30.4 Å². The first-order chi connectivity index (χ1) is 16.4. The molecule has 0 heterocycles. The van der Waals surface area contributed by atoms with Crippen LogP contribution in [0.1, 0.15) is 37.0 Å². The van der Waals surface area contributed by atoms with Crippen LogP contribution in [0.4, 0.5) is 0 Å². The maximum absolute atomic E-state index is 14.2. The fourth-order valence-corrected chi connectivity index (χ4v) is 4.20. The third-order valence-corrected chi connectivity index (χ3v) is 5.89. The first kappa shape index (κ1) is 24.7. The smallest absolute Gasteiger partial charge is 0.308 e. The number of rotatable bonds is 10. The van der Waals surface area contributed by atoms with Gasteiger partial charge < -0.3 is 15.8 Å². The van der Waals surface area contributed by atoms with Gasteiger partial charge in [0.1, 0.15) is 11.5 Å². The Kier molecular flexibility index (Phi) is 8.19. The Bertz CT molecular complexity index is 1000. The average Bonchev–Trinajstić information content (AvgIpc) is 2.86. The molecule has 0 saturated carbocycles. The number of amides is 2. The number of primary amides is 1. The number of hydrogen-bond donors (Lipinski definition) is 2. The van der Waals surface area contributed by atoms with Crippen molar-refractivity contribution in [1.82, 2.24) is 5.32 Å². The van der Waals surface area contributed by atoms with E-state index in [0.717, 1.165) is 16.7 Å². The predicted molar refractivity (Wildman–Crippen MR) is 131 cm³/mol. The summed E-state index contributed by atoms with van der Waals surface area (Å²) in [6.45, 7) is 3.60. The van der Waals surface area contributed by atoms with Crippen LogP contribution in [0.2, 0.25) is 0 Å². The molecule has 6 nitrogen and oxygen atoms in total. The van der Waals surface area contributed by atoms with Crippen molar-refractivity contribution in [2.45, 2.75) is 31.7 Å². The molecule has 0 fully saturated rings. The molecule has 6 heteroatoms. The second kappa shape index (κ2) is 11.3. The molecule has 34 heavy (non-hydrogen) atoms. The number of nitrogens with two attached hydrogens (primary N) is 1. The number of ether oxygens (including phenoxy) is 1. The van der Waals surface area contributed by atoms with E-state index in [1.54, 1.807) is 13.8 Å². The van der Waals surface area contributed by atoms with Gasteiger partial charge in [-0.3, -0.25) is 14.4 Å². The molecule has 0 spiro atoms. The van der Waals surface area contributed by atoms with Gasteiger partial charge >= 0.3 is 5.97 Å². The van der Waals surface area contributed by atoms with Gasteiger partial charge in [-0.2, -0.15) is 0 Å². The van der Waals surface area contributed by atoms with Crippen LogP contribution in [0.15, 0.2) is 91.0 Å². The first-order valence-electron chi connectivity index (χ1n) is 11.3. The van der Waals surface area contributed by atoms with E-state index in [9.17, 15) is 14.4 Å². The summed E-state index contributed by atoms with van der Waals surface area (Å²) in [6, 6.07) is 27.2. The number of nitrogens with one attached hydrogen (secondary N) is 1. The van der Waals surface area contributed by atoms with Crippen molar-refractivity contribution in [3.8, 4) is 0 Å². The summed E-state index contributed by atoms with van der Waals surface area (Å²) >= 11 is 0. The van der Waals surface area contributed by atoms with Crippen molar-refractivity contribution >= 4 is 17.8 Å². The van der Waals surface area contributed by atoms with Crippen LogP contribution in [0.5, 0.6) is 0 Å². The van der Waals surface area contributed by atoms with Gasteiger partial charge in [0.25, 0.3) is 0 Å². The molecule has 3 aromatic carbocycles. The number of benzene rings is 3. The normalized spacial score (nSPS) is 12.9. The maximum atomic E-state index is 14.2. The molecule has 0 aliphatic heterocycles. The number of esters is 1. The van der Waals surface area contributed by atoms with E-state index < -0.39 is 35.2 Å². The van der Waals surface area contributed by atoms with Crippen molar-refractivity contribution < 1.29 is 19.1 Å². The van der Waals surface area contributed by atoms with Gasteiger partial charge in [-0.05, 0) is 30.0 Å². The fraction of sp³-hybridized carbons (Fsp3) is 0.250. The van der Waals surface area contributed by atoms with Gasteiger partial charge in [0.15, 0.2) is 0 Å². The summed E-state index contributed by atoms with van der Waals surface area (Å²) in [4.78, 5) is 38.7. The molecular formula is C28H30N2O4. The van der Waals surface area contributed by atoms with Crippen molar-refractivity contribution in [3.05, 3.63) is 108 Å². The van der Waals surface area contributed by atoms with E-state index in [1.807, 2.05) is 91.0 Å². The molecule has 0 aliphatic rings. The Morgan fingerprint density at radius 3 is 1.59 bits per heavy atom. The topological polar surface area (TPSA) is 98.5 Å². The number of carbonyl (C=O) groups excluding carboxylic acids is 3. The summed E-state index contributed by atoms with van der Waals surface area (Å²) in [6.07, 6.45) is 0.0361. The highest BCUT2D eigenvalue weighted by Gasteiger charge is 2.45. The number of hydrogen-bond acceptors (Lipinski definition) is 4. The lowest BCUT2D eigenvalue weighted by Crippen LogP contribution is -2.54. The lowest BCUT2D eigenvalue weighted by atomic mass is 9.68. The summed E-state index contributed by atoms with van der Waals surface area (Å²) in [5, 5.41) is 2.86. The fourth-order valence-electron chi connectivity index (χ4n) is 4.20. The van der Waals surface area contributed by atoms with E-state index in [4.69, 9.17) is 10.5 Å².